The van der Waals surface area contributed by atoms with Gasteiger partial charge in [0.2, 0.25) is 0 Å². The van der Waals surface area contributed by atoms with Crippen molar-refractivity contribution < 1.29 is 13.9 Å². The third-order valence-corrected chi connectivity index (χ3v) is 5.62. The van der Waals surface area contributed by atoms with Crippen molar-refractivity contribution in [1.82, 2.24) is 9.78 Å². The number of hydrogen-bond acceptors (Lipinski definition) is 4. The molecule has 0 fully saturated rings. The average molecular weight is 434 g/mol. The number of nitrogens with one attached hydrogen (secondary N) is 1. The predicted molar refractivity (Wildman–Crippen MR) is 126 cm³/mol. The third kappa shape index (κ3) is 5.08. The molecule has 0 saturated carbocycles. The van der Waals surface area contributed by atoms with Crippen molar-refractivity contribution in [1.29, 1.82) is 0 Å². The Morgan fingerprint density at radius 1 is 1.03 bits per heavy atom. The SMILES string of the molecule is COc1cccc2c1c(NCC(CCOCc1ccccc1)c1cccc(F)c1)nn2C. The molecule has 3 aromatic carbocycles. The van der Waals surface area contributed by atoms with Crippen LogP contribution in [0.3, 0.4) is 0 Å². The van der Waals surface area contributed by atoms with Crippen LogP contribution in [0, 0.1) is 5.82 Å². The number of aryl methyl sites for hydroxylation is 1. The largest absolute Gasteiger partial charge is 0.496 e. The molecule has 0 aliphatic rings. The highest BCUT2D eigenvalue weighted by Gasteiger charge is 2.17. The summed E-state index contributed by atoms with van der Waals surface area (Å²) in [6.07, 6.45) is 0.755. The van der Waals surface area contributed by atoms with Gasteiger partial charge in [-0.1, -0.05) is 48.5 Å². The number of hydrogen-bond donors (Lipinski definition) is 1. The Labute approximate surface area is 187 Å². The first-order chi connectivity index (χ1) is 15.7. The first kappa shape index (κ1) is 21.8. The van der Waals surface area contributed by atoms with E-state index in [2.05, 4.69) is 10.4 Å². The number of methoxy groups -OCH3 is 1. The summed E-state index contributed by atoms with van der Waals surface area (Å²) in [6, 6.07) is 22.8. The molecule has 32 heavy (non-hydrogen) atoms. The van der Waals surface area contributed by atoms with E-state index in [-0.39, 0.29) is 11.7 Å². The van der Waals surface area contributed by atoms with Gasteiger partial charge < -0.3 is 14.8 Å². The molecule has 0 amide bonds. The molecule has 1 aromatic heterocycles. The van der Waals surface area contributed by atoms with E-state index in [0.717, 1.165) is 40.0 Å². The van der Waals surface area contributed by atoms with Gasteiger partial charge in [-0.3, -0.25) is 4.68 Å². The van der Waals surface area contributed by atoms with E-state index in [1.165, 1.54) is 6.07 Å². The number of anilines is 1. The van der Waals surface area contributed by atoms with Crippen molar-refractivity contribution >= 4 is 16.7 Å². The topological polar surface area (TPSA) is 48.3 Å². The maximum atomic E-state index is 13.9. The zero-order valence-corrected chi connectivity index (χ0v) is 18.4. The molecule has 0 aliphatic heterocycles. The Kier molecular flexibility index (Phi) is 7.02. The number of halogens is 1. The van der Waals surface area contributed by atoms with Crippen molar-refractivity contribution in [2.24, 2.45) is 7.05 Å². The summed E-state index contributed by atoms with van der Waals surface area (Å²) in [5, 5.41) is 9.05. The molecule has 1 N–H and O–H groups in total. The number of benzene rings is 3. The zero-order chi connectivity index (χ0) is 22.3. The molecule has 1 atom stereocenters. The Morgan fingerprint density at radius 3 is 2.62 bits per heavy atom. The first-order valence-electron chi connectivity index (χ1n) is 10.8. The fraction of sp³-hybridized carbons (Fsp3) is 0.269. The van der Waals surface area contributed by atoms with E-state index in [1.54, 1.807) is 19.2 Å². The highest BCUT2D eigenvalue weighted by Crippen LogP contribution is 2.32. The summed E-state index contributed by atoms with van der Waals surface area (Å²) in [5.41, 5.74) is 3.06. The Balaban J connectivity index is 1.48. The fourth-order valence-corrected chi connectivity index (χ4v) is 3.93. The Hall–Kier alpha value is -3.38. The van der Waals surface area contributed by atoms with Crippen LogP contribution >= 0.6 is 0 Å². The quantitative estimate of drug-likeness (QED) is 0.334. The number of aromatic nitrogens is 2. The second kappa shape index (κ2) is 10.3. The lowest BCUT2D eigenvalue weighted by molar-refractivity contribution is 0.114. The van der Waals surface area contributed by atoms with E-state index >= 15 is 0 Å². The molecule has 4 aromatic rings. The van der Waals surface area contributed by atoms with Crippen molar-refractivity contribution in [3.63, 3.8) is 0 Å². The minimum absolute atomic E-state index is 0.0632. The molecule has 0 bridgehead atoms. The van der Waals surface area contributed by atoms with Crippen molar-refractivity contribution in [2.45, 2.75) is 18.9 Å². The summed E-state index contributed by atoms with van der Waals surface area (Å²) in [5.74, 6) is 1.36. The van der Waals surface area contributed by atoms with Crippen LogP contribution in [0.4, 0.5) is 10.2 Å². The zero-order valence-electron chi connectivity index (χ0n) is 18.4. The van der Waals surface area contributed by atoms with Crippen LogP contribution in [-0.2, 0) is 18.4 Å². The highest BCUT2D eigenvalue weighted by molar-refractivity contribution is 5.95. The van der Waals surface area contributed by atoms with Gasteiger partial charge in [0.25, 0.3) is 0 Å². The minimum Gasteiger partial charge on any atom is -0.496 e. The van der Waals surface area contributed by atoms with E-state index in [4.69, 9.17) is 9.47 Å². The van der Waals surface area contributed by atoms with Crippen LogP contribution in [0.25, 0.3) is 10.9 Å². The molecule has 0 saturated heterocycles. The molecular formula is C26H28FN3O2. The van der Waals surface area contributed by atoms with Gasteiger partial charge in [0, 0.05) is 26.1 Å². The predicted octanol–water partition coefficient (Wildman–Crippen LogP) is 5.52. The van der Waals surface area contributed by atoms with Gasteiger partial charge in [-0.25, -0.2) is 4.39 Å². The molecule has 0 radical (unpaired) electrons. The summed E-state index contributed by atoms with van der Waals surface area (Å²) >= 11 is 0. The van der Waals surface area contributed by atoms with Crippen molar-refractivity contribution in [3.8, 4) is 5.75 Å². The molecule has 6 heteroatoms. The summed E-state index contributed by atoms with van der Waals surface area (Å²) in [7, 11) is 3.57. The lowest BCUT2D eigenvalue weighted by atomic mass is 9.95. The molecule has 5 nitrogen and oxygen atoms in total. The Bertz CT molecular complexity index is 1160. The lowest BCUT2D eigenvalue weighted by Crippen LogP contribution is -2.16. The van der Waals surface area contributed by atoms with Gasteiger partial charge in [0.1, 0.15) is 11.6 Å². The number of fused-ring (bicyclic) bond motifs is 1. The molecule has 0 aliphatic carbocycles. The second-order valence-electron chi connectivity index (χ2n) is 7.79. The Morgan fingerprint density at radius 2 is 1.84 bits per heavy atom. The van der Waals surface area contributed by atoms with Crippen LogP contribution < -0.4 is 10.1 Å². The van der Waals surface area contributed by atoms with E-state index < -0.39 is 0 Å². The van der Waals surface area contributed by atoms with E-state index in [0.29, 0.717) is 19.8 Å². The van der Waals surface area contributed by atoms with Crippen LogP contribution in [0.5, 0.6) is 5.75 Å². The molecular weight excluding hydrogens is 405 g/mol. The molecule has 1 unspecified atom stereocenters. The molecule has 166 valence electrons. The molecule has 1 heterocycles. The van der Waals surface area contributed by atoms with E-state index in [1.807, 2.05) is 66.3 Å². The fourth-order valence-electron chi connectivity index (χ4n) is 3.93. The van der Waals surface area contributed by atoms with Crippen LogP contribution in [0.2, 0.25) is 0 Å². The average Bonchev–Trinajstić information content (AvgIpc) is 3.15. The van der Waals surface area contributed by atoms with Crippen molar-refractivity contribution in [3.05, 3.63) is 89.7 Å². The van der Waals surface area contributed by atoms with Crippen molar-refractivity contribution in [2.75, 3.05) is 25.6 Å². The maximum absolute atomic E-state index is 13.9. The third-order valence-electron chi connectivity index (χ3n) is 5.62. The van der Waals surface area contributed by atoms with Gasteiger partial charge >= 0.3 is 0 Å². The number of ether oxygens (including phenoxy) is 2. The van der Waals surface area contributed by atoms with Gasteiger partial charge in [-0.15, -0.1) is 0 Å². The first-order valence-corrected chi connectivity index (χ1v) is 10.8. The smallest absolute Gasteiger partial charge is 0.159 e. The van der Waals surface area contributed by atoms with Gasteiger partial charge in [-0.05, 0) is 41.8 Å². The number of rotatable bonds is 10. The standard InChI is InChI=1S/C26H28FN3O2/c1-30-23-12-7-13-24(31-2)25(23)26(29-30)28-17-21(20-10-6-11-22(27)16-20)14-15-32-18-19-8-4-3-5-9-19/h3-13,16,21H,14-15,17-18H2,1-2H3,(H,28,29). The summed E-state index contributed by atoms with van der Waals surface area (Å²) < 4.78 is 27.2. The van der Waals surface area contributed by atoms with Gasteiger partial charge in [-0.2, -0.15) is 5.10 Å². The summed E-state index contributed by atoms with van der Waals surface area (Å²) in [6.45, 7) is 1.73. The van der Waals surface area contributed by atoms with Gasteiger partial charge in [0.15, 0.2) is 5.82 Å². The summed E-state index contributed by atoms with van der Waals surface area (Å²) in [4.78, 5) is 0. The lowest BCUT2D eigenvalue weighted by Gasteiger charge is -2.19. The van der Waals surface area contributed by atoms with Crippen LogP contribution in [-0.4, -0.2) is 30.0 Å². The second-order valence-corrected chi connectivity index (χ2v) is 7.79. The van der Waals surface area contributed by atoms with Crippen LogP contribution in [0.15, 0.2) is 72.8 Å². The van der Waals surface area contributed by atoms with Crippen LogP contribution in [0.1, 0.15) is 23.5 Å². The monoisotopic (exact) mass is 433 g/mol. The van der Waals surface area contributed by atoms with E-state index in [9.17, 15) is 4.39 Å². The highest BCUT2D eigenvalue weighted by atomic mass is 19.1. The normalized spacial score (nSPS) is 12.1. The van der Waals surface area contributed by atoms with Gasteiger partial charge in [0.05, 0.1) is 24.6 Å². The molecule has 4 rings (SSSR count). The number of nitrogens with zero attached hydrogens (tertiary/aromatic N) is 2. The minimum atomic E-state index is -0.234. The maximum Gasteiger partial charge on any atom is 0.159 e. The molecule has 0 spiro atoms.